The minimum Gasteiger partial charge on any atom is -0.508 e. The van der Waals surface area contributed by atoms with Crippen LogP contribution in [0.5, 0.6) is 5.75 Å². The highest BCUT2D eigenvalue weighted by molar-refractivity contribution is 7.14. The second kappa shape index (κ2) is 7.27. The van der Waals surface area contributed by atoms with Gasteiger partial charge in [0.2, 0.25) is 5.13 Å². The third-order valence-corrected chi connectivity index (χ3v) is 4.37. The summed E-state index contributed by atoms with van der Waals surface area (Å²) in [6.07, 6.45) is 1.78. The fourth-order valence-electron chi connectivity index (χ4n) is 2.25. The maximum Gasteiger partial charge on any atom is 0.203 e. The Bertz CT molecular complexity index is 838. The van der Waals surface area contributed by atoms with Crippen LogP contribution in [0.4, 0.5) is 5.13 Å². The second-order valence-corrected chi connectivity index (χ2v) is 6.64. The molecule has 0 fully saturated rings. The van der Waals surface area contributed by atoms with Crippen molar-refractivity contribution in [3.05, 3.63) is 65.0 Å². The number of benzene rings is 2. The van der Waals surface area contributed by atoms with E-state index in [1.165, 1.54) is 16.9 Å². The fraction of sp³-hybridized carbons (Fsp3) is 0.158. The molecule has 0 aliphatic rings. The first-order valence-corrected chi connectivity index (χ1v) is 8.64. The molecule has 3 rings (SSSR count). The third-order valence-electron chi connectivity index (χ3n) is 3.62. The van der Waals surface area contributed by atoms with Crippen LogP contribution in [0.15, 0.2) is 59.0 Å². The highest BCUT2D eigenvalue weighted by Gasteiger charge is 2.04. The molecule has 0 saturated carbocycles. The lowest BCUT2D eigenvalue weighted by atomic mass is 10.0. The molecule has 2 N–H and O–H groups in total. The number of nitrogens with one attached hydrogen (secondary N) is 1. The number of rotatable bonds is 5. The number of hydrogen-bond acceptors (Lipinski definition) is 5. The van der Waals surface area contributed by atoms with Crippen molar-refractivity contribution in [3.8, 4) is 17.0 Å². The lowest BCUT2D eigenvalue weighted by Crippen LogP contribution is -1.91. The van der Waals surface area contributed by atoms with Gasteiger partial charge in [-0.1, -0.05) is 50.2 Å². The molecule has 0 bridgehead atoms. The number of phenols is 1. The van der Waals surface area contributed by atoms with Gasteiger partial charge in [-0.25, -0.2) is 4.98 Å². The van der Waals surface area contributed by atoms with Crippen LogP contribution in [0.2, 0.25) is 0 Å². The first-order valence-electron chi connectivity index (χ1n) is 7.76. The van der Waals surface area contributed by atoms with E-state index in [1.807, 2.05) is 11.4 Å². The van der Waals surface area contributed by atoms with Gasteiger partial charge in [0.1, 0.15) is 5.75 Å². The van der Waals surface area contributed by atoms with Gasteiger partial charge < -0.3 is 5.11 Å². The van der Waals surface area contributed by atoms with Crippen molar-refractivity contribution in [2.24, 2.45) is 5.10 Å². The summed E-state index contributed by atoms with van der Waals surface area (Å²) in [6, 6.07) is 15.4. The van der Waals surface area contributed by atoms with E-state index in [0.29, 0.717) is 11.0 Å². The monoisotopic (exact) mass is 337 g/mol. The molecular formula is C19H19N3OS. The minimum atomic E-state index is 0.234. The fourth-order valence-corrected chi connectivity index (χ4v) is 2.92. The standard InChI is InChI=1S/C19H19N3OS/c1-13(2)15-8-6-14(7-9-15)11-20-22-19-21-18(12-24-19)16-4-3-5-17(23)10-16/h3-13,23H,1-2H3,(H,21,22)/b20-11+. The van der Waals surface area contributed by atoms with Crippen LogP contribution >= 0.6 is 11.3 Å². The van der Waals surface area contributed by atoms with Gasteiger partial charge in [0.25, 0.3) is 0 Å². The zero-order valence-electron chi connectivity index (χ0n) is 13.6. The lowest BCUT2D eigenvalue weighted by Gasteiger charge is -2.04. The molecule has 0 unspecified atom stereocenters. The molecule has 0 aliphatic heterocycles. The van der Waals surface area contributed by atoms with Crippen molar-refractivity contribution in [3.63, 3.8) is 0 Å². The zero-order chi connectivity index (χ0) is 16.9. The average molecular weight is 337 g/mol. The molecule has 0 radical (unpaired) electrons. The quantitative estimate of drug-likeness (QED) is 0.504. The number of nitrogens with zero attached hydrogens (tertiary/aromatic N) is 2. The summed E-state index contributed by atoms with van der Waals surface area (Å²) >= 11 is 1.47. The van der Waals surface area contributed by atoms with Gasteiger partial charge in [-0.15, -0.1) is 11.3 Å². The summed E-state index contributed by atoms with van der Waals surface area (Å²) in [7, 11) is 0. The van der Waals surface area contributed by atoms with Gasteiger partial charge in [-0.05, 0) is 29.2 Å². The Morgan fingerprint density at radius 2 is 1.96 bits per heavy atom. The molecule has 0 amide bonds. The largest absolute Gasteiger partial charge is 0.508 e. The average Bonchev–Trinajstić information content (AvgIpc) is 3.04. The van der Waals surface area contributed by atoms with Gasteiger partial charge in [-0.3, -0.25) is 5.43 Å². The van der Waals surface area contributed by atoms with E-state index >= 15 is 0 Å². The molecule has 4 nitrogen and oxygen atoms in total. The molecule has 0 aliphatic carbocycles. The van der Waals surface area contributed by atoms with Crippen molar-refractivity contribution < 1.29 is 5.11 Å². The summed E-state index contributed by atoms with van der Waals surface area (Å²) in [5, 5.41) is 16.4. The predicted molar refractivity (Wildman–Crippen MR) is 101 cm³/mol. The topological polar surface area (TPSA) is 57.5 Å². The summed E-state index contributed by atoms with van der Waals surface area (Å²) in [6.45, 7) is 4.36. The van der Waals surface area contributed by atoms with E-state index in [9.17, 15) is 5.11 Å². The van der Waals surface area contributed by atoms with Crippen LogP contribution in [0.3, 0.4) is 0 Å². The van der Waals surface area contributed by atoms with E-state index in [1.54, 1.807) is 24.4 Å². The Morgan fingerprint density at radius 1 is 1.17 bits per heavy atom. The zero-order valence-corrected chi connectivity index (χ0v) is 14.4. The van der Waals surface area contributed by atoms with Gasteiger partial charge >= 0.3 is 0 Å². The predicted octanol–water partition coefficient (Wildman–Crippen LogP) is 5.09. The number of anilines is 1. The maximum absolute atomic E-state index is 9.54. The van der Waals surface area contributed by atoms with Crippen LogP contribution in [-0.2, 0) is 0 Å². The van der Waals surface area contributed by atoms with Crippen LogP contribution in [0, 0.1) is 0 Å². The smallest absolute Gasteiger partial charge is 0.203 e. The van der Waals surface area contributed by atoms with Crippen molar-refractivity contribution in [2.75, 3.05) is 5.43 Å². The number of phenolic OH excluding ortho intramolecular Hbond substituents is 1. The first kappa shape index (κ1) is 16.2. The van der Waals surface area contributed by atoms with E-state index in [4.69, 9.17) is 0 Å². The van der Waals surface area contributed by atoms with Crippen molar-refractivity contribution in [2.45, 2.75) is 19.8 Å². The van der Waals surface area contributed by atoms with Crippen molar-refractivity contribution in [1.29, 1.82) is 0 Å². The Morgan fingerprint density at radius 3 is 2.67 bits per heavy atom. The van der Waals surface area contributed by atoms with Gasteiger partial charge in [0.05, 0.1) is 11.9 Å². The maximum atomic E-state index is 9.54. The number of hydrazone groups is 1. The molecule has 122 valence electrons. The normalized spacial score (nSPS) is 11.3. The Kier molecular flexibility index (Phi) is 4.91. The highest BCUT2D eigenvalue weighted by Crippen LogP contribution is 2.27. The molecular weight excluding hydrogens is 318 g/mol. The Labute approximate surface area is 145 Å². The van der Waals surface area contributed by atoms with Crippen molar-refractivity contribution in [1.82, 2.24) is 4.98 Å². The number of aromatic nitrogens is 1. The minimum absolute atomic E-state index is 0.234. The summed E-state index contributed by atoms with van der Waals surface area (Å²) in [5.41, 5.74) is 7.00. The summed E-state index contributed by atoms with van der Waals surface area (Å²) in [5.74, 6) is 0.762. The second-order valence-electron chi connectivity index (χ2n) is 5.78. The number of hydrogen-bond donors (Lipinski definition) is 2. The molecule has 0 atom stereocenters. The highest BCUT2D eigenvalue weighted by atomic mass is 32.1. The first-order chi connectivity index (χ1) is 11.6. The molecule has 3 aromatic rings. The van der Waals surface area contributed by atoms with Gasteiger partial charge in [0.15, 0.2) is 0 Å². The van der Waals surface area contributed by atoms with Crippen LogP contribution in [0.25, 0.3) is 11.3 Å². The summed E-state index contributed by atoms with van der Waals surface area (Å²) in [4.78, 5) is 4.47. The van der Waals surface area contributed by atoms with E-state index < -0.39 is 0 Å². The molecule has 1 aromatic heterocycles. The lowest BCUT2D eigenvalue weighted by molar-refractivity contribution is 0.475. The molecule has 2 aromatic carbocycles. The molecule has 0 spiro atoms. The van der Waals surface area contributed by atoms with Crippen LogP contribution in [-0.4, -0.2) is 16.3 Å². The molecule has 1 heterocycles. The SMILES string of the molecule is CC(C)c1ccc(/C=N/Nc2nc(-c3cccc(O)c3)cs2)cc1. The van der Waals surface area contributed by atoms with Gasteiger partial charge in [0, 0.05) is 10.9 Å². The molecule has 24 heavy (non-hydrogen) atoms. The molecule has 0 saturated heterocycles. The molecule has 5 heteroatoms. The number of aromatic hydroxyl groups is 1. The third kappa shape index (κ3) is 4.00. The van der Waals surface area contributed by atoms with E-state index in [-0.39, 0.29) is 5.75 Å². The number of thiazole rings is 1. The van der Waals surface area contributed by atoms with Gasteiger partial charge in [-0.2, -0.15) is 5.10 Å². The Balaban J connectivity index is 1.65. The van der Waals surface area contributed by atoms with E-state index in [2.05, 4.69) is 53.6 Å². The Hall–Kier alpha value is -2.66. The van der Waals surface area contributed by atoms with E-state index in [0.717, 1.165) is 16.8 Å². The van der Waals surface area contributed by atoms with Crippen LogP contribution < -0.4 is 5.43 Å². The van der Waals surface area contributed by atoms with Crippen molar-refractivity contribution >= 4 is 22.7 Å². The van der Waals surface area contributed by atoms with Crippen LogP contribution in [0.1, 0.15) is 30.9 Å². The summed E-state index contributed by atoms with van der Waals surface area (Å²) < 4.78 is 0.